The molecule has 1 aliphatic rings. The van der Waals surface area contributed by atoms with Crippen LogP contribution >= 0.6 is 12.4 Å². The number of piperidine rings is 1. The number of hydrogen-bond donors (Lipinski definition) is 1. The van der Waals surface area contributed by atoms with Gasteiger partial charge in [-0.3, -0.25) is 4.79 Å². The van der Waals surface area contributed by atoms with Crippen molar-refractivity contribution in [3.05, 3.63) is 35.4 Å². The number of nitrogens with one attached hydrogen (secondary N) is 1. The summed E-state index contributed by atoms with van der Waals surface area (Å²) in [5.41, 5.74) is -0.0309. The molecule has 1 N–H and O–H groups in total. The van der Waals surface area contributed by atoms with Crippen molar-refractivity contribution in [2.75, 3.05) is 19.6 Å². The lowest BCUT2D eigenvalue weighted by Crippen LogP contribution is -2.40. The SMILES string of the molecule is CCN(Cc1c(F)cccc1F)C(=O)C1CCNCC1.Cl. The zero-order valence-corrected chi connectivity index (χ0v) is 12.9. The Bertz CT molecular complexity index is 458. The number of nitrogens with zero attached hydrogens (tertiary/aromatic N) is 1. The van der Waals surface area contributed by atoms with Gasteiger partial charge < -0.3 is 10.2 Å². The molecule has 118 valence electrons. The van der Waals surface area contributed by atoms with Crippen molar-refractivity contribution in [3.8, 4) is 0 Å². The van der Waals surface area contributed by atoms with Gasteiger partial charge in [0.25, 0.3) is 0 Å². The summed E-state index contributed by atoms with van der Waals surface area (Å²) in [6.07, 6.45) is 1.57. The molecular weight excluding hydrogens is 298 g/mol. The third-order valence-corrected chi connectivity index (χ3v) is 3.79. The van der Waals surface area contributed by atoms with Gasteiger partial charge in [0, 0.05) is 18.0 Å². The largest absolute Gasteiger partial charge is 0.338 e. The topological polar surface area (TPSA) is 32.3 Å². The van der Waals surface area contributed by atoms with Crippen LogP contribution in [0.15, 0.2) is 18.2 Å². The minimum absolute atomic E-state index is 0. The summed E-state index contributed by atoms with van der Waals surface area (Å²) < 4.78 is 27.3. The third kappa shape index (κ3) is 4.38. The molecule has 2 rings (SSSR count). The van der Waals surface area contributed by atoms with Gasteiger partial charge in [-0.1, -0.05) is 6.07 Å². The average Bonchev–Trinajstić information content (AvgIpc) is 2.47. The molecule has 0 unspecified atom stereocenters. The fraction of sp³-hybridized carbons (Fsp3) is 0.533. The van der Waals surface area contributed by atoms with Gasteiger partial charge in [-0.05, 0) is 45.0 Å². The van der Waals surface area contributed by atoms with Crippen LogP contribution in [0.25, 0.3) is 0 Å². The molecule has 1 amide bonds. The monoisotopic (exact) mass is 318 g/mol. The minimum atomic E-state index is -0.596. The molecule has 0 aromatic heterocycles. The highest BCUT2D eigenvalue weighted by Crippen LogP contribution is 2.19. The van der Waals surface area contributed by atoms with Crippen molar-refractivity contribution in [3.63, 3.8) is 0 Å². The first-order chi connectivity index (χ1) is 9.63. The highest BCUT2D eigenvalue weighted by Gasteiger charge is 2.26. The van der Waals surface area contributed by atoms with E-state index >= 15 is 0 Å². The first kappa shape index (κ1) is 17.9. The molecule has 3 nitrogen and oxygen atoms in total. The maximum Gasteiger partial charge on any atom is 0.226 e. The van der Waals surface area contributed by atoms with E-state index in [0.29, 0.717) is 6.54 Å². The van der Waals surface area contributed by atoms with E-state index in [2.05, 4.69) is 5.32 Å². The number of rotatable bonds is 4. The lowest BCUT2D eigenvalue weighted by atomic mass is 9.96. The molecule has 21 heavy (non-hydrogen) atoms. The smallest absolute Gasteiger partial charge is 0.226 e. The lowest BCUT2D eigenvalue weighted by molar-refractivity contribution is -0.136. The van der Waals surface area contributed by atoms with Crippen molar-refractivity contribution in [2.24, 2.45) is 5.92 Å². The van der Waals surface area contributed by atoms with Crippen LogP contribution in [-0.4, -0.2) is 30.4 Å². The van der Waals surface area contributed by atoms with Gasteiger partial charge in [0.05, 0.1) is 6.54 Å². The van der Waals surface area contributed by atoms with Crippen molar-refractivity contribution in [1.29, 1.82) is 0 Å². The summed E-state index contributed by atoms with van der Waals surface area (Å²) >= 11 is 0. The van der Waals surface area contributed by atoms with E-state index in [1.54, 1.807) is 0 Å². The Labute approximate surface area is 130 Å². The van der Waals surface area contributed by atoms with Crippen LogP contribution in [-0.2, 0) is 11.3 Å². The zero-order chi connectivity index (χ0) is 14.5. The third-order valence-electron chi connectivity index (χ3n) is 3.79. The Balaban J connectivity index is 0.00000220. The molecule has 1 saturated heterocycles. The summed E-state index contributed by atoms with van der Waals surface area (Å²) in [7, 11) is 0. The summed E-state index contributed by atoms with van der Waals surface area (Å²) in [5, 5.41) is 3.20. The van der Waals surface area contributed by atoms with Crippen LogP contribution < -0.4 is 5.32 Å². The molecule has 0 atom stereocenters. The molecule has 1 aromatic carbocycles. The summed E-state index contributed by atoms with van der Waals surface area (Å²) in [5.74, 6) is -1.23. The van der Waals surface area contributed by atoms with E-state index < -0.39 is 11.6 Å². The maximum atomic E-state index is 13.7. The molecule has 1 aromatic rings. The molecule has 0 spiro atoms. The van der Waals surface area contributed by atoms with Crippen LogP contribution in [0.2, 0.25) is 0 Å². The Kier molecular flexibility index (Phi) is 7.05. The van der Waals surface area contributed by atoms with Crippen LogP contribution in [0.3, 0.4) is 0 Å². The second kappa shape index (κ2) is 8.29. The predicted molar refractivity (Wildman–Crippen MR) is 80.3 cm³/mol. The number of carbonyl (C=O) groups excluding carboxylic acids is 1. The summed E-state index contributed by atoms with van der Waals surface area (Å²) in [6, 6.07) is 3.78. The Morgan fingerprint density at radius 3 is 2.38 bits per heavy atom. The van der Waals surface area contributed by atoms with E-state index in [1.165, 1.54) is 23.1 Å². The van der Waals surface area contributed by atoms with Crippen molar-refractivity contribution < 1.29 is 13.6 Å². The highest BCUT2D eigenvalue weighted by atomic mass is 35.5. The minimum Gasteiger partial charge on any atom is -0.338 e. The second-order valence-electron chi connectivity index (χ2n) is 5.08. The fourth-order valence-corrected chi connectivity index (χ4v) is 2.55. The zero-order valence-electron chi connectivity index (χ0n) is 12.1. The lowest BCUT2D eigenvalue weighted by Gasteiger charge is -2.29. The van der Waals surface area contributed by atoms with E-state index in [9.17, 15) is 13.6 Å². The van der Waals surface area contributed by atoms with E-state index in [1.807, 2.05) is 6.92 Å². The molecule has 6 heteroatoms. The Morgan fingerprint density at radius 2 is 1.86 bits per heavy atom. The van der Waals surface area contributed by atoms with Crippen LogP contribution in [0.4, 0.5) is 8.78 Å². The second-order valence-corrected chi connectivity index (χ2v) is 5.08. The van der Waals surface area contributed by atoms with Gasteiger partial charge in [-0.25, -0.2) is 8.78 Å². The van der Waals surface area contributed by atoms with Crippen LogP contribution in [0.1, 0.15) is 25.3 Å². The summed E-state index contributed by atoms with van der Waals surface area (Å²) in [4.78, 5) is 13.9. The molecular formula is C15H21ClF2N2O. The highest BCUT2D eigenvalue weighted by molar-refractivity contribution is 5.85. The van der Waals surface area contributed by atoms with E-state index in [4.69, 9.17) is 0 Å². The fourth-order valence-electron chi connectivity index (χ4n) is 2.55. The van der Waals surface area contributed by atoms with Gasteiger partial charge in [0.1, 0.15) is 11.6 Å². The number of halogens is 3. The van der Waals surface area contributed by atoms with Crippen LogP contribution in [0.5, 0.6) is 0 Å². The molecule has 0 radical (unpaired) electrons. The quantitative estimate of drug-likeness (QED) is 0.926. The molecule has 1 fully saturated rings. The van der Waals surface area contributed by atoms with Gasteiger partial charge in [0.15, 0.2) is 0 Å². The predicted octanol–water partition coefficient (Wildman–Crippen LogP) is 2.73. The van der Waals surface area contributed by atoms with E-state index in [0.717, 1.165) is 25.9 Å². The molecule has 1 aliphatic heterocycles. The van der Waals surface area contributed by atoms with Gasteiger partial charge in [-0.15, -0.1) is 12.4 Å². The number of amides is 1. The summed E-state index contributed by atoms with van der Waals surface area (Å²) in [6.45, 7) is 3.93. The first-order valence-electron chi connectivity index (χ1n) is 7.06. The normalized spacial score (nSPS) is 15.4. The maximum absolute atomic E-state index is 13.7. The standard InChI is InChI=1S/C15H20F2N2O.ClH/c1-2-19(15(20)11-6-8-18-9-7-11)10-12-13(16)4-3-5-14(12)17;/h3-5,11,18H,2,6-10H2,1H3;1H. The molecule has 1 heterocycles. The Hall–Kier alpha value is -1.20. The number of carbonyl (C=O) groups is 1. The van der Waals surface area contributed by atoms with Gasteiger partial charge >= 0.3 is 0 Å². The average molecular weight is 319 g/mol. The van der Waals surface area contributed by atoms with Gasteiger partial charge in [0.2, 0.25) is 5.91 Å². The van der Waals surface area contributed by atoms with E-state index in [-0.39, 0.29) is 36.3 Å². The van der Waals surface area contributed by atoms with Gasteiger partial charge in [-0.2, -0.15) is 0 Å². The first-order valence-corrected chi connectivity index (χ1v) is 7.06. The number of benzene rings is 1. The number of hydrogen-bond acceptors (Lipinski definition) is 2. The van der Waals surface area contributed by atoms with Crippen molar-refractivity contribution in [2.45, 2.75) is 26.3 Å². The van der Waals surface area contributed by atoms with Crippen molar-refractivity contribution >= 4 is 18.3 Å². The molecule has 0 bridgehead atoms. The molecule has 0 saturated carbocycles. The van der Waals surface area contributed by atoms with Crippen LogP contribution in [0, 0.1) is 17.6 Å². The molecule has 0 aliphatic carbocycles. The Morgan fingerprint density at radius 1 is 1.29 bits per heavy atom. The van der Waals surface area contributed by atoms with Crippen molar-refractivity contribution in [1.82, 2.24) is 10.2 Å².